The molecule has 118 valence electrons. The number of nitrogens with one attached hydrogen (secondary N) is 1. The molecule has 4 rings (SSSR count). The molecule has 2 aromatic carbocycles. The number of para-hydroxylation sites is 2. The molecule has 0 bridgehead atoms. The molecule has 5 nitrogen and oxygen atoms in total. The first kappa shape index (κ1) is 14.7. The van der Waals surface area contributed by atoms with Crippen LogP contribution in [0.15, 0.2) is 53.4 Å². The summed E-state index contributed by atoms with van der Waals surface area (Å²) in [4.78, 5) is 8.08. The third kappa shape index (κ3) is 2.52. The molecule has 0 atom stereocenters. The smallest absolute Gasteiger partial charge is 0.243 e. The summed E-state index contributed by atoms with van der Waals surface area (Å²) >= 11 is 5.81. The van der Waals surface area contributed by atoms with Crippen LogP contribution >= 0.6 is 11.6 Å². The van der Waals surface area contributed by atoms with Crippen molar-refractivity contribution in [3.8, 4) is 0 Å². The first-order valence-corrected chi connectivity index (χ1v) is 9.06. The number of sulfonamides is 1. The Morgan fingerprint density at radius 2 is 1.78 bits per heavy atom. The molecule has 0 aliphatic carbocycles. The second-order valence-corrected chi connectivity index (χ2v) is 7.99. The maximum Gasteiger partial charge on any atom is 0.243 e. The largest absolute Gasteiger partial charge is 0.342 e. The van der Waals surface area contributed by atoms with E-state index in [9.17, 15) is 8.42 Å². The van der Waals surface area contributed by atoms with E-state index < -0.39 is 10.0 Å². The van der Waals surface area contributed by atoms with Gasteiger partial charge in [0.05, 0.1) is 15.9 Å². The van der Waals surface area contributed by atoms with E-state index in [1.807, 2.05) is 24.3 Å². The summed E-state index contributed by atoms with van der Waals surface area (Å²) in [7, 11) is -3.46. The molecule has 0 amide bonds. The number of nitrogens with zero attached hydrogens (tertiary/aromatic N) is 2. The van der Waals surface area contributed by atoms with E-state index in [1.54, 1.807) is 12.1 Å². The number of halogens is 1. The summed E-state index contributed by atoms with van der Waals surface area (Å²) in [6, 6.07) is 14.0. The number of hydrogen-bond acceptors (Lipinski definition) is 3. The average molecular weight is 348 g/mol. The van der Waals surface area contributed by atoms with Gasteiger partial charge in [-0.2, -0.15) is 4.31 Å². The van der Waals surface area contributed by atoms with Crippen LogP contribution in [0.2, 0.25) is 5.02 Å². The zero-order valence-electron chi connectivity index (χ0n) is 12.1. The Labute approximate surface area is 139 Å². The van der Waals surface area contributed by atoms with Gasteiger partial charge in [0.25, 0.3) is 0 Å². The van der Waals surface area contributed by atoms with Crippen molar-refractivity contribution in [3.63, 3.8) is 0 Å². The Balaban J connectivity index is 1.53. The summed E-state index contributed by atoms with van der Waals surface area (Å²) < 4.78 is 26.5. The quantitative estimate of drug-likeness (QED) is 0.792. The summed E-state index contributed by atoms with van der Waals surface area (Å²) in [5.41, 5.74) is 1.88. The van der Waals surface area contributed by atoms with Crippen LogP contribution in [0.25, 0.3) is 11.0 Å². The molecule has 0 unspecified atom stereocenters. The van der Waals surface area contributed by atoms with E-state index in [2.05, 4.69) is 9.97 Å². The van der Waals surface area contributed by atoms with Gasteiger partial charge in [0.2, 0.25) is 10.0 Å². The van der Waals surface area contributed by atoms with E-state index in [4.69, 9.17) is 11.6 Å². The van der Waals surface area contributed by atoms with E-state index in [0.29, 0.717) is 18.1 Å². The molecule has 0 spiro atoms. The van der Waals surface area contributed by atoms with Gasteiger partial charge < -0.3 is 4.98 Å². The predicted octanol–water partition coefficient (Wildman–Crippen LogP) is 3.00. The third-order valence-electron chi connectivity index (χ3n) is 4.09. The summed E-state index contributed by atoms with van der Waals surface area (Å²) in [5, 5.41) is 0.521. The third-order valence-corrected chi connectivity index (χ3v) is 6.19. The number of rotatable bonds is 3. The highest BCUT2D eigenvalue weighted by atomic mass is 35.5. The van der Waals surface area contributed by atoms with E-state index in [0.717, 1.165) is 16.9 Å². The van der Waals surface area contributed by atoms with Gasteiger partial charge in [-0.3, -0.25) is 0 Å². The number of H-pyrrole nitrogens is 1. The zero-order chi connectivity index (χ0) is 16.0. The van der Waals surface area contributed by atoms with Crippen LogP contribution in [-0.2, 0) is 10.0 Å². The molecule has 1 aliphatic rings. The summed E-state index contributed by atoms with van der Waals surface area (Å²) in [6.45, 7) is 0.871. The van der Waals surface area contributed by atoms with Gasteiger partial charge >= 0.3 is 0 Å². The molecule has 1 aromatic heterocycles. The Morgan fingerprint density at radius 1 is 1.09 bits per heavy atom. The number of fused-ring (bicyclic) bond motifs is 1. The number of benzene rings is 2. The number of imidazole rings is 1. The zero-order valence-corrected chi connectivity index (χ0v) is 13.7. The van der Waals surface area contributed by atoms with Crippen molar-refractivity contribution in [1.82, 2.24) is 14.3 Å². The van der Waals surface area contributed by atoms with Gasteiger partial charge in [-0.05, 0) is 36.4 Å². The molecule has 23 heavy (non-hydrogen) atoms. The van der Waals surface area contributed by atoms with E-state index in [1.165, 1.54) is 16.4 Å². The first-order valence-electron chi connectivity index (χ1n) is 7.24. The van der Waals surface area contributed by atoms with Crippen LogP contribution in [-0.4, -0.2) is 35.8 Å². The Morgan fingerprint density at radius 3 is 2.48 bits per heavy atom. The van der Waals surface area contributed by atoms with Crippen LogP contribution in [0.4, 0.5) is 0 Å². The molecule has 1 fully saturated rings. The van der Waals surface area contributed by atoms with Crippen molar-refractivity contribution in [1.29, 1.82) is 0 Å². The molecule has 1 aliphatic heterocycles. The highest BCUT2D eigenvalue weighted by molar-refractivity contribution is 7.89. The Hall–Kier alpha value is -1.89. The molecular formula is C16H14ClN3O2S. The molecule has 2 heterocycles. The van der Waals surface area contributed by atoms with E-state index >= 15 is 0 Å². The van der Waals surface area contributed by atoms with Crippen LogP contribution in [0.5, 0.6) is 0 Å². The highest BCUT2D eigenvalue weighted by Gasteiger charge is 2.38. The molecule has 0 radical (unpaired) electrons. The fourth-order valence-electron chi connectivity index (χ4n) is 2.73. The molecule has 1 saturated heterocycles. The van der Waals surface area contributed by atoms with Gasteiger partial charge in [0.15, 0.2) is 0 Å². The van der Waals surface area contributed by atoms with Crippen molar-refractivity contribution >= 4 is 32.7 Å². The van der Waals surface area contributed by atoms with Gasteiger partial charge in [-0.1, -0.05) is 23.7 Å². The molecule has 0 saturated carbocycles. The summed E-state index contributed by atoms with van der Waals surface area (Å²) in [5.74, 6) is 0.943. The van der Waals surface area contributed by atoms with Gasteiger partial charge in [-0.15, -0.1) is 0 Å². The van der Waals surface area contributed by atoms with Crippen molar-refractivity contribution in [3.05, 3.63) is 59.4 Å². The maximum absolute atomic E-state index is 12.5. The lowest BCUT2D eigenvalue weighted by atomic mass is 10.0. The van der Waals surface area contributed by atoms with Crippen LogP contribution in [0.1, 0.15) is 11.7 Å². The maximum atomic E-state index is 12.5. The van der Waals surface area contributed by atoms with Crippen LogP contribution < -0.4 is 0 Å². The van der Waals surface area contributed by atoms with Gasteiger partial charge in [0.1, 0.15) is 5.82 Å². The minimum absolute atomic E-state index is 0.101. The fraction of sp³-hybridized carbons (Fsp3) is 0.188. The predicted molar refractivity (Wildman–Crippen MR) is 89.0 cm³/mol. The molecule has 7 heteroatoms. The Bertz CT molecular complexity index is 927. The molecule has 3 aromatic rings. The molecule has 1 N–H and O–H groups in total. The minimum atomic E-state index is -3.46. The lowest BCUT2D eigenvalue weighted by Gasteiger charge is -2.36. The second kappa shape index (κ2) is 5.33. The SMILES string of the molecule is O=S(=O)(c1ccc(Cl)cc1)N1CC(c2nc3ccccc3[nH]2)C1. The van der Waals surface area contributed by atoms with Crippen LogP contribution in [0, 0.1) is 0 Å². The highest BCUT2D eigenvalue weighted by Crippen LogP contribution is 2.31. The van der Waals surface area contributed by atoms with Crippen molar-refractivity contribution in [2.24, 2.45) is 0 Å². The van der Waals surface area contributed by atoms with E-state index in [-0.39, 0.29) is 10.8 Å². The topological polar surface area (TPSA) is 66.1 Å². The average Bonchev–Trinajstić information content (AvgIpc) is 2.89. The lowest BCUT2D eigenvalue weighted by Crippen LogP contribution is -2.48. The lowest BCUT2D eigenvalue weighted by molar-refractivity contribution is 0.257. The van der Waals surface area contributed by atoms with Crippen molar-refractivity contribution in [2.45, 2.75) is 10.8 Å². The standard InChI is InChI=1S/C16H14ClN3O2S/c17-12-5-7-13(8-6-12)23(21,22)20-9-11(10-20)16-18-14-3-1-2-4-15(14)19-16/h1-8,11H,9-10H2,(H,18,19). The summed E-state index contributed by atoms with van der Waals surface area (Å²) in [6.07, 6.45) is 0. The molecular weight excluding hydrogens is 334 g/mol. The number of hydrogen-bond donors (Lipinski definition) is 1. The van der Waals surface area contributed by atoms with Crippen molar-refractivity contribution in [2.75, 3.05) is 13.1 Å². The fourth-order valence-corrected chi connectivity index (χ4v) is 4.39. The van der Waals surface area contributed by atoms with Crippen molar-refractivity contribution < 1.29 is 8.42 Å². The Kier molecular flexibility index (Phi) is 3.41. The second-order valence-electron chi connectivity index (χ2n) is 5.61. The number of aromatic amines is 1. The number of aromatic nitrogens is 2. The first-order chi connectivity index (χ1) is 11.0. The minimum Gasteiger partial charge on any atom is -0.342 e. The van der Waals surface area contributed by atoms with Gasteiger partial charge in [0, 0.05) is 24.0 Å². The normalized spacial score (nSPS) is 16.6. The monoisotopic (exact) mass is 347 g/mol. The van der Waals surface area contributed by atoms with Crippen LogP contribution in [0.3, 0.4) is 0 Å². The van der Waals surface area contributed by atoms with Gasteiger partial charge in [-0.25, -0.2) is 13.4 Å².